The molecule has 0 bridgehead atoms. The van der Waals surface area contributed by atoms with Gasteiger partial charge in [-0.05, 0) is 39.0 Å². The molecule has 2 atom stereocenters. The Balaban J connectivity index is 1.81. The van der Waals surface area contributed by atoms with Gasteiger partial charge in [0.15, 0.2) is 0 Å². The standard InChI is InChI=1S/C15H20N2O2S/c1-10-16-12(9-20-10)15(19)17-8-3-2-6-13(17)11-5-4-7-14(11)18/h9,11,13H,2-8H2,1H3. The number of rotatable bonds is 2. The van der Waals surface area contributed by atoms with Crippen LogP contribution in [-0.2, 0) is 4.79 Å². The van der Waals surface area contributed by atoms with E-state index in [0.29, 0.717) is 17.9 Å². The largest absolute Gasteiger partial charge is 0.334 e. The number of Topliss-reactive ketones (excluding diaryl/α,β-unsaturated/α-hetero) is 1. The first-order chi connectivity index (χ1) is 9.66. The maximum absolute atomic E-state index is 12.6. The van der Waals surface area contributed by atoms with Crippen LogP contribution in [0.2, 0.25) is 0 Å². The van der Waals surface area contributed by atoms with Gasteiger partial charge in [0, 0.05) is 30.3 Å². The van der Waals surface area contributed by atoms with Gasteiger partial charge < -0.3 is 4.90 Å². The Kier molecular flexibility index (Phi) is 3.87. The highest BCUT2D eigenvalue weighted by molar-refractivity contribution is 7.09. The summed E-state index contributed by atoms with van der Waals surface area (Å²) in [5, 5.41) is 2.75. The van der Waals surface area contributed by atoms with Crippen molar-refractivity contribution in [1.82, 2.24) is 9.88 Å². The lowest BCUT2D eigenvalue weighted by atomic mass is 9.88. The van der Waals surface area contributed by atoms with Crippen LogP contribution >= 0.6 is 11.3 Å². The zero-order chi connectivity index (χ0) is 14.1. The van der Waals surface area contributed by atoms with Crippen LogP contribution in [0, 0.1) is 12.8 Å². The number of hydrogen-bond acceptors (Lipinski definition) is 4. The fourth-order valence-electron chi connectivity index (χ4n) is 3.49. The quantitative estimate of drug-likeness (QED) is 0.842. The van der Waals surface area contributed by atoms with E-state index in [9.17, 15) is 9.59 Å². The number of aromatic nitrogens is 1. The zero-order valence-corrected chi connectivity index (χ0v) is 12.6. The van der Waals surface area contributed by atoms with E-state index in [-0.39, 0.29) is 17.9 Å². The average Bonchev–Trinajstić information content (AvgIpc) is 3.07. The number of hydrogen-bond donors (Lipinski definition) is 0. The SMILES string of the molecule is Cc1nc(C(=O)N2CCCCC2C2CCCC2=O)cs1. The summed E-state index contributed by atoms with van der Waals surface area (Å²) < 4.78 is 0. The predicted molar refractivity (Wildman–Crippen MR) is 77.9 cm³/mol. The molecule has 0 N–H and O–H groups in total. The first-order valence-electron chi connectivity index (χ1n) is 7.42. The number of carbonyl (C=O) groups is 2. The molecule has 0 radical (unpaired) electrons. The van der Waals surface area contributed by atoms with E-state index < -0.39 is 0 Å². The van der Waals surface area contributed by atoms with Crippen molar-refractivity contribution in [2.75, 3.05) is 6.54 Å². The third-order valence-corrected chi connectivity index (χ3v) is 5.24. The number of piperidine rings is 1. The lowest BCUT2D eigenvalue weighted by Gasteiger charge is -2.38. The van der Waals surface area contributed by atoms with E-state index in [1.54, 1.807) is 0 Å². The third-order valence-electron chi connectivity index (χ3n) is 4.46. The second-order valence-corrected chi connectivity index (χ2v) is 6.84. The topological polar surface area (TPSA) is 50.3 Å². The van der Waals surface area contributed by atoms with Crippen LogP contribution in [-0.4, -0.2) is 34.2 Å². The number of ketones is 1. The second-order valence-electron chi connectivity index (χ2n) is 5.78. The Morgan fingerprint density at radius 2 is 2.20 bits per heavy atom. The lowest BCUT2D eigenvalue weighted by Crippen LogP contribution is -2.48. The van der Waals surface area contributed by atoms with Gasteiger partial charge in [-0.2, -0.15) is 0 Å². The number of nitrogens with zero attached hydrogens (tertiary/aromatic N) is 2. The Morgan fingerprint density at radius 3 is 2.85 bits per heavy atom. The molecule has 1 saturated heterocycles. The average molecular weight is 292 g/mol. The van der Waals surface area contributed by atoms with Gasteiger partial charge in [0.05, 0.1) is 5.01 Å². The molecule has 2 fully saturated rings. The summed E-state index contributed by atoms with van der Waals surface area (Å²) in [6, 6.07) is 0.105. The van der Waals surface area contributed by atoms with Gasteiger partial charge in [-0.25, -0.2) is 4.98 Å². The number of amides is 1. The Hall–Kier alpha value is -1.23. The molecule has 20 heavy (non-hydrogen) atoms. The van der Waals surface area contributed by atoms with Crippen LogP contribution < -0.4 is 0 Å². The van der Waals surface area contributed by atoms with Gasteiger partial charge in [0.1, 0.15) is 11.5 Å². The molecule has 2 unspecified atom stereocenters. The summed E-state index contributed by atoms with van der Waals surface area (Å²) in [7, 11) is 0. The van der Waals surface area contributed by atoms with Gasteiger partial charge in [0.2, 0.25) is 0 Å². The van der Waals surface area contributed by atoms with E-state index in [4.69, 9.17) is 0 Å². The van der Waals surface area contributed by atoms with Crippen LogP contribution in [0.3, 0.4) is 0 Å². The molecule has 2 aliphatic rings. The summed E-state index contributed by atoms with van der Waals surface area (Å²) in [4.78, 5) is 30.9. The van der Waals surface area contributed by atoms with E-state index in [1.807, 2.05) is 17.2 Å². The summed E-state index contributed by atoms with van der Waals surface area (Å²) >= 11 is 1.51. The van der Waals surface area contributed by atoms with Crippen molar-refractivity contribution in [2.24, 2.45) is 5.92 Å². The van der Waals surface area contributed by atoms with E-state index >= 15 is 0 Å². The highest BCUT2D eigenvalue weighted by Crippen LogP contribution is 2.33. The van der Waals surface area contributed by atoms with E-state index in [0.717, 1.165) is 43.7 Å². The van der Waals surface area contributed by atoms with E-state index in [2.05, 4.69) is 4.98 Å². The molecular weight excluding hydrogens is 272 g/mol. The molecule has 3 rings (SSSR count). The van der Waals surface area contributed by atoms with Crippen molar-refractivity contribution in [3.8, 4) is 0 Å². The number of aryl methyl sites for hydroxylation is 1. The predicted octanol–water partition coefficient (Wildman–Crippen LogP) is 2.82. The Morgan fingerprint density at radius 1 is 1.35 bits per heavy atom. The summed E-state index contributed by atoms with van der Waals surface area (Å²) in [6.07, 6.45) is 5.74. The normalized spacial score (nSPS) is 27.1. The van der Waals surface area contributed by atoms with Crippen molar-refractivity contribution in [1.29, 1.82) is 0 Å². The maximum Gasteiger partial charge on any atom is 0.273 e. The molecule has 1 aromatic heterocycles. The number of likely N-dealkylation sites (tertiary alicyclic amines) is 1. The fourth-order valence-corrected chi connectivity index (χ4v) is 4.07. The van der Waals surface area contributed by atoms with Gasteiger partial charge in [-0.3, -0.25) is 9.59 Å². The molecular formula is C15H20N2O2S. The lowest BCUT2D eigenvalue weighted by molar-refractivity contribution is -0.122. The number of carbonyl (C=O) groups excluding carboxylic acids is 2. The van der Waals surface area contributed by atoms with Gasteiger partial charge in [-0.1, -0.05) is 0 Å². The molecule has 4 nitrogen and oxygen atoms in total. The van der Waals surface area contributed by atoms with Gasteiger partial charge >= 0.3 is 0 Å². The van der Waals surface area contributed by atoms with Crippen LogP contribution in [0.1, 0.15) is 54.0 Å². The minimum atomic E-state index is 0.0127. The van der Waals surface area contributed by atoms with Crippen LogP contribution in [0.5, 0.6) is 0 Å². The maximum atomic E-state index is 12.6. The van der Waals surface area contributed by atoms with Gasteiger partial charge in [0.25, 0.3) is 5.91 Å². The van der Waals surface area contributed by atoms with Crippen molar-refractivity contribution in [3.05, 3.63) is 16.1 Å². The van der Waals surface area contributed by atoms with Crippen molar-refractivity contribution < 1.29 is 9.59 Å². The van der Waals surface area contributed by atoms with Crippen molar-refractivity contribution in [2.45, 2.75) is 51.5 Å². The minimum absolute atomic E-state index is 0.0127. The minimum Gasteiger partial charge on any atom is -0.334 e. The van der Waals surface area contributed by atoms with Gasteiger partial charge in [-0.15, -0.1) is 11.3 Å². The highest BCUT2D eigenvalue weighted by Gasteiger charge is 2.39. The summed E-state index contributed by atoms with van der Waals surface area (Å²) in [5.74, 6) is 0.432. The Bertz CT molecular complexity index is 526. The zero-order valence-electron chi connectivity index (χ0n) is 11.8. The molecule has 1 aliphatic heterocycles. The van der Waals surface area contributed by atoms with Crippen LogP contribution in [0.25, 0.3) is 0 Å². The molecule has 1 aromatic rings. The fraction of sp³-hybridized carbons (Fsp3) is 0.667. The smallest absolute Gasteiger partial charge is 0.273 e. The summed E-state index contributed by atoms with van der Waals surface area (Å²) in [6.45, 7) is 2.68. The molecule has 2 heterocycles. The Labute approximate surface area is 123 Å². The molecule has 1 amide bonds. The third kappa shape index (κ3) is 2.51. The monoisotopic (exact) mass is 292 g/mol. The molecule has 0 spiro atoms. The molecule has 5 heteroatoms. The van der Waals surface area contributed by atoms with Crippen LogP contribution in [0.4, 0.5) is 0 Å². The highest BCUT2D eigenvalue weighted by atomic mass is 32.1. The van der Waals surface area contributed by atoms with Crippen LogP contribution in [0.15, 0.2) is 5.38 Å². The van der Waals surface area contributed by atoms with Crippen molar-refractivity contribution in [3.63, 3.8) is 0 Å². The second kappa shape index (κ2) is 5.64. The first-order valence-corrected chi connectivity index (χ1v) is 8.30. The van der Waals surface area contributed by atoms with Crippen molar-refractivity contribution >= 4 is 23.0 Å². The molecule has 0 aromatic carbocycles. The number of thiazole rings is 1. The van der Waals surface area contributed by atoms with E-state index in [1.165, 1.54) is 11.3 Å². The first kappa shape index (κ1) is 13.7. The molecule has 1 aliphatic carbocycles. The summed E-state index contributed by atoms with van der Waals surface area (Å²) in [5.41, 5.74) is 0.546. The molecule has 108 valence electrons. The molecule has 1 saturated carbocycles.